The van der Waals surface area contributed by atoms with Crippen molar-refractivity contribution < 1.29 is 9.18 Å². The first-order chi connectivity index (χ1) is 13.9. The number of rotatable bonds is 5. The second kappa shape index (κ2) is 7.83. The Morgan fingerprint density at radius 2 is 1.83 bits per heavy atom. The lowest BCUT2D eigenvalue weighted by molar-refractivity contribution is 0.0323. The number of anilines is 2. The fraction of sp³-hybridized carbons (Fsp3) is 0.286. The Balaban J connectivity index is 1.45. The van der Waals surface area contributed by atoms with Crippen molar-refractivity contribution in [1.82, 2.24) is 19.7 Å². The molecule has 1 amide bonds. The van der Waals surface area contributed by atoms with Gasteiger partial charge in [-0.1, -0.05) is 23.7 Å². The van der Waals surface area contributed by atoms with Crippen molar-refractivity contribution in [2.45, 2.75) is 13.1 Å². The molecule has 29 heavy (non-hydrogen) atoms. The molecule has 6 nitrogen and oxygen atoms in total. The molecule has 0 radical (unpaired) electrons. The molecular formula is C21H21ClFN5O. The molecule has 4 rings (SSSR count). The highest BCUT2D eigenvalue weighted by atomic mass is 35.5. The number of halogens is 2. The van der Waals surface area contributed by atoms with E-state index < -0.39 is 6.17 Å². The zero-order valence-electron chi connectivity index (χ0n) is 16.1. The molecule has 0 aliphatic carbocycles. The highest BCUT2D eigenvalue weighted by Crippen LogP contribution is 2.25. The lowest BCUT2D eigenvalue weighted by Gasteiger charge is -2.40. The number of likely N-dealkylation sites (tertiary alicyclic amines) is 1. The van der Waals surface area contributed by atoms with Gasteiger partial charge < -0.3 is 10.2 Å². The van der Waals surface area contributed by atoms with Crippen LogP contribution < -0.4 is 5.32 Å². The fourth-order valence-electron chi connectivity index (χ4n) is 3.19. The summed E-state index contributed by atoms with van der Waals surface area (Å²) in [5.74, 6) is 1.02. The minimum absolute atomic E-state index is 0.0532. The van der Waals surface area contributed by atoms with E-state index in [9.17, 15) is 9.18 Å². The third-order valence-electron chi connectivity index (χ3n) is 5.10. The van der Waals surface area contributed by atoms with E-state index in [1.165, 1.54) is 6.92 Å². The van der Waals surface area contributed by atoms with Gasteiger partial charge in [0, 0.05) is 47.9 Å². The molecule has 1 N–H and O–H groups in total. The molecule has 0 spiro atoms. The zero-order valence-corrected chi connectivity index (χ0v) is 16.9. The Kier molecular flexibility index (Phi) is 5.24. The van der Waals surface area contributed by atoms with Gasteiger partial charge in [0.1, 0.15) is 6.17 Å². The van der Waals surface area contributed by atoms with Crippen LogP contribution in [0.5, 0.6) is 0 Å². The van der Waals surface area contributed by atoms with Gasteiger partial charge in [-0.2, -0.15) is 4.98 Å². The highest BCUT2D eigenvalue weighted by Gasteiger charge is 2.34. The van der Waals surface area contributed by atoms with Crippen LogP contribution in [0.25, 0.3) is 11.4 Å². The van der Waals surface area contributed by atoms with Crippen LogP contribution in [0.4, 0.5) is 16.0 Å². The van der Waals surface area contributed by atoms with E-state index in [2.05, 4.69) is 15.4 Å². The predicted molar refractivity (Wildman–Crippen MR) is 111 cm³/mol. The molecule has 1 saturated heterocycles. The molecule has 1 aliphatic rings. The summed E-state index contributed by atoms with van der Waals surface area (Å²) in [5.41, 5.74) is 2.24. The van der Waals surface area contributed by atoms with E-state index in [-0.39, 0.29) is 11.8 Å². The minimum Gasteiger partial charge on any atom is -0.338 e. The maximum absolute atomic E-state index is 13.3. The van der Waals surface area contributed by atoms with Crippen molar-refractivity contribution in [3.05, 3.63) is 59.1 Å². The summed E-state index contributed by atoms with van der Waals surface area (Å²) < 4.78 is 14.9. The molecule has 2 heterocycles. The number of hydrogen-bond acceptors (Lipinski definition) is 4. The van der Waals surface area contributed by atoms with Crippen molar-refractivity contribution in [2.75, 3.05) is 18.4 Å². The molecule has 1 aliphatic heterocycles. The molecular weight excluding hydrogens is 393 g/mol. The van der Waals surface area contributed by atoms with E-state index in [0.29, 0.717) is 35.4 Å². The van der Waals surface area contributed by atoms with Crippen molar-refractivity contribution in [3.8, 4) is 11.4 Å². The number of aryl methyl sites for hydroxylation is 1. The first kappa shape index (κ1) is 19.4. The fourth-order valence-corrected chi connectivity index (χ4v) is 3.32. The number of aromatic nitrogens is 3. The topological polar surface area (TPSA) is 63.1 Å². The first-order valence-electron chi connectivity index (χ1n) is 9.38. The van der Waals surface area contributed by atoms with Gasteiger partial charge in [0.15, 0.2) is 5.82 Å². The van der Waals surface area contributed by atoms with Crippen LogP contribution in [0.15, 0.2) is 48.5 Å². The van der Waals surface area contributed by atoms with Crippen LogP contribution in [0.1, 0.15) is 17.3 Å². The van der Waals surface area contributed by atoms with Crippen LogP contribution in [-0.2, 0) is 7.05 Å². The highest BCUT2D eigenvalue weighted by molar-refractivity contribution is 6.30. The van der Waals surface area contributed by atoms with Crippen LogP contribution in [-0.4, -0.2) is 44.8 Å². The van der Waals surface area contributed by atoms with Crippen LogP contribution in [0, 0.1) is 5.92 Å². The number of nitrogens with zero attached hydrogens (tertiary/aromatic N) is 4. The normalized spacial score (nSPS) is 15.1. The van der Waals surface area contributed by atoms with Gasteiger partial charge in [0.2, 0.25) is 5.95 Å². The van der Waals surface area contributed by atoms with Crippen molar-refractivity contribution >= 4 is 29.1 Å². The summed E-state index contributed by atoms with van der Waals surface area (Å²) in [5, 5.41) is 8.31. The largest absolute Gasteiger partial charge is 0.338 e. The van der Waals surface area contributed by atoms with Gasteiger partial charge in [-0.3, -0.25) is 4.79 Å². The maximum Gasteiger partial charge on any atom is 0.253 e. The van der Waals surface area contributed by atoms with Crippen LogP contribution >= 0.6 is 11.6 Å². The number of benzene rings is 2. The molecule has 2 aromatic carbocycles. The Morgan fingerprint density at radius 3 is 2.45 bits per heavy atom. The molecule has 0 bridgehead atoms. The van der Waals surface area contributed by atoms with E-state index in [1.54, 1.807) is 40.9 Å². The second-order valence-corrected chi connectivity index (χ2v) is 7.68. The van der Waals surface area contributed by atoms with E-state index in [4.69, 9.17) is 11.6 Å². The van der Waals surface area contributed by atoms with Gasteiger partial charge in [0.25, 0.3) is 5.91 Å². The van der Waals surface area contributed by atoms with E-state index >= 15 is 0 Å². The number of carbonyl (C=O) groups excluding carboxylic acids is 1. The first-order valence-corrected chi connectivity index (χ1v) is 9.76. The van der Waals surface area contributed by atoms with Gasteiger partial charge >= 0.3 is 0 Å². The van der Waals surface area contributed by atoms with E-state index in [0.717, 1.165) is 11.3 Å². The zero-order chi connectivity index (χ0) is 20.5. The molecule has 3 aromatic rings. The summed E-state index contributed by atoms with van der Waals surface area (Å²) in [7, 11) is 1.80. The molecule has 1 fully saturated rings. The number of carbonyl (C=O) groups is 1. The molecule has 0 saturated carbocycles. The summed E-state index contributed by atoms with van der Waals surface area (Å²) >= 11 is 5.91. The van der Waals surface area contributed by atoms with Gasteiger partial charge in [-0.15, -0.1) is 5.10 Å². The Labute approximate surface area is 173 Å². The Bertz CT molecular complexity index is 1010. The average molecular weight is 414 g/mol. The van der Waals surface area contributed by atoms with Gasteiger partial charge in [0.05, 0.1) is 0 Å². The predicted octanol–water partition coefficient (Wildman–Crippen LogP) is 4.31. The van der Waals surface area contributed by atoms with E-state index in [1.807, 2.05) is 24.3 Å². The minimum atomic E-state index is -0.882. The Morgan fingerprint density at radius 1 is 1.17 bits per heavy atom. The maximum atomic E-state index is 13.3. The summed E-state index contributed by atoms with van der Waals surface area (Å²) in [6.45, 7) is 2.48. The molecule has 1 aromatic heterocycles. The second-order valence-electron chi connectivity index (χ2n) is 7.24. The van der Waals surface area contributed by atoms with Gasteiger partial charge in [-0.05, 0) is 43.3 Å². The molecule has 8 heteroatoms. The summed E-state index contributed by atoms with van der Waals surface area (Å²) in [6, 6.07) is 14.5. The van der Waals surface area contributed by atoms with Crippen molar-refractivity contribution in [3.63, 3.8) is 0 Å². The van der Waals surface area contributed by atoms with Crippen molar-refractivity contribution in [2.24, 2.45) is 13.0 Å². The summed E-state index contributed by atoms with van der Waals surface area (Å²) in [4.78, 5) is 18.7. The monoisotopic (exact) mass is 413 g/mol. The number of amides is 1. The third kappa shape index (κ3) is 4.10. The summed E-state index contributed by atoms with van der Waals surface area (Å²) in [6.07, 6.45) is -0.882. The number of hydrogen-bond donors (Lipinski definition) is 1. The van der Waals surface area contributed by atoms with Gasteiger partial charge in [-0.25, -0.2) is 9.07 Å². The number of nitrogens with one attached hydrogen (secondary N) is 1. The molecule has 150 valence electrons. The van der Waals surface area contributed by atoms with Crippen molar-refractivity contribution in [1.29, 1.82) is 0 Å². The lowest BCUT2D eigenvalue weighted by Crippen LogP contribution is -2.52. The average Bonchev–Trinajstić information content (AvgIpc) is 3.02. The number of alkyl halides is 1. The molecule has 1 atom stereocenters. The van der Waals surface area contributed by atoms with Crippen LogP contribution in [0.3, 0.4) is 0 Å². The smallest absolute Gasteiger partial charge is 0.253 e. The quantitative estimate of drug-likeness (QED) is 0.677. The third-order valence-corrected chi connectivity index (χ3v) is 5.35. The molecule has 1 unspecified atom stereocenters. The Hall–Kier alpha value is -2.93. The van der Waals surface area contributed by atoms with Crippen LogP contribution in [0.2, 0.25) is 5.02 Å². The lowest BCUT2D eigenvalue weighted by atomic mass is 9.94. The standard InChI is InChI=1S/C21H21ClFN5O/c1-13(23)16-11-28(12-16)20(29)15-5-3-14(4-6-15)19-25-21(27(2)26-19)24-18-9-7-17(22)8-10-18/h3-10,13,16H,11-12H2,1-2H3,(H,24,25,26). The SMILES string of the molecule is CC(F)C1CN(C(=O)c2ccc(-c3nc(Nc4ccc(Cl)cc4)n(C)n3)cc2)C1.